The number of nitrogens with two attached hydrogens (primary N) is 1. The van der Waals surface area contributed by atoms with Gasteiger partial charge < -0.3 is 25.1 Å². The Balaban J connectivity index is 1.37. The summed E-state index contributed by atoms with van der Waals surface area (Å²) in [6.07, 6.45) is 3.01. The van der Waals surface area contributed by atoms with Crippen molar-refractivity contribution in [3.63, 3.8) is 0 Å². The van der Waals surface area contributed by atoms with E-state index in [1.165, 1.54) is 0 Å². The van der Waals surface area contributed by atoms with Crippen LogP contribution in [0.25, 0.3) is 16.9 Å². The number of halogens is 1. The maximum absolute atomic E-state index is 12.5. The average Bonchev–Trinajstić information content (AvgIpc) is 3.44. The van der Waals surface area contributed by atoms with E-state index < -0.39 is 11.5 Å². The molecule has 3 heterocycles. The van der Waals surface area contributed by atoms with Crippen LogP contribution in [0.1, 0.15) is 55.6 Å². The van der Waals surface area contributed by atoms with Crippen LogP contribution in [0.5, 0.6) is 11.5 Å². The molecule has 3 N–H and O–H groups in total. The van der Waals surface area contributed by atoms with Crippen LogP contribution in [0.15, 0.2) is 54.7 Å². The number of benzene rings is 2. The molecule has 10 heteroatoms. The first-order valence-corrected chi connectivity index (χ1v) is 12.9. The highest BCUT2D eigenvalue weighted by molar-refractivity contribution is 6.30. The van der Waals surface area contributed by atoms with Crippen molar-refractivity contribution in [2.45, 2.75) is 45.1 Å². The number of ether oxygens (including phenoxy) is 2. The summed E-state index contributed by atoms with van der Waals surface area (Å²) >= 11 is 5.94. The number of imidazole rings is 1. The number of aromatic nitrogens is 3. The van der Waals surface area contributed by atoms with Crippen LogP contribution in [0.4, 0.5) is 4.79 Å². The van der Waals surface area contributed by atoms with E-state index in [0.717, 1.165) is 29.6 Å². The minimum atomic E-state index is -0.581. The number of aromatic amines is 1. The van der Waals surface area contributed by atoms with Gasteiger partial charge in [0.2, 0.25) is 0 Å². The molecule has 1 aliphatic heterocycles. The summed E-state index contributed by atoms with van der Waals surface area (Å²) in [5.41, 5.74) is 8.62. The van der Waals surface area contributed by atoms with Gasteiger partial charge in [-0.3, -0.25) is 4.79 Å². The van der Waals surface area contributed by atoms with Crippen LogP contribution in [0.3, 0.4) is 0 Å². The number of hydrogen-bond acceptors (Lipinski definition) is 5. The van der Waals surface area contributed by atoms with Crippen molar-refractivity contribution in [2.24, 2.45) is 5.73 Å². The van der Waals surface area contributed by atoms with E-state index in [-0.39, 0.29) is 17.7 Å². The number of likely N-dealkylation sites (tertiary alicyclic amines) is 1. The molecular weight excluding hydrogens is 506 g/mol. The zero-order valence-corrected chi connectivity index (χ0v) is 22.3. The maximum Gasteiger partial charge on any atom is 0.410 e. The van der Waals surface area contributed by atoms with Gasteiger partial charge in [-0.1, -0.05) is 11.6 Å². The van der Waals surface area contributed by atoms with E-state index in [9.17, 15) is 9.59 Å². The molecule has 2 aromatic heterocycles. The molecule has 0 radical (unpaired) electrons. The third-order valence-electron chi connectivity index (χ3n) is 6.50. The van der Waals surface area contributed by atoms with Crippen LogP contribution in [-0.4, -0.2) is 50.2 Å². The second kappa shape index (κ2) is 10.1. The summed E-state index contributed by atoms with van der Waals surface area (Å²) < 4.78 is 13.0. The summed E-state index contributed by atoms with van der Waals surface area (Å²) in [6, 6.07) is 14.5. The quantitative estimate of drug-likeness (QED) is 0.326. The summed E-state index contributed by atoms with van der Waals surface area (Å²) in [5.74, 6) is 0.904. The maximum atomic E-state index is 12.5. The Morgan fingerprint density at radius 3 is 2.21 bits per heavy atom. The lowest BCUT2D eigenvalue weighted by atomic mass is 9.91. The molecule has 0 bridgehead atoms. The molecule has 9 nitrogen and oxygen atoms in total. The number of fused-ring (bicyclic) bond motifs is 1. The normalized spacial score (nSPS) is 14.6. The molecule has 38 heavy (non-hydrogen) atoms. The van der Waals surface area contributed by atoms with Crippen LogP contribution < -0.4 is 10.5 Å². The third-order valence-corrected chi connectivity index (χ3v) is 6.75. The Morgan fingerprint density at radius 2 is 1.63 bits per heavy atom. The minimum absolute atomic E-state index is 0.175. The molecular formula is C28H30ClN5O4. The van der Waals surface area contributed by atoms with Crippen LogP contribution in [0, 0.1) is 0 Å². The van der Waals surface area contributed by atoms with Crippen molar-refractivity contribution in [2.75, 3.05) is 13.1 Å². The monoisotopic (exact) mass is 535 g/mol. The summed E-state index contributed by atoms with van der Waals surface area (Å²) in [4.78, 5) is 30.1. The van der Waals surface area contributed by atoms with E-state index in [0.29, 0.717) is 35.3 Å². The van der Waals surface area contributed by atoms with Crippen LogP contribution in [-0.2, 0) is 4.74 Å². The standard InChI is InChI=1S/C28H30ClN5O4/c1-28(2,3)38-27(36)33-14-12-17(13-15-33)22-16-31-34-24(25(30)35)23(32-26(22)34)18-4-8-20(9-5-18)37-21-10-6-19(29)7-11-21/h4-11,16-17,32H,12-15H2,1-3H3,(H2,30,35). The number of H-pyrrole nitrogens is 1. The molecule has 5 rings (SSSR count). The van der Waals surface area contributed by atoms with Crippen molar-refractivity contribution in [1.82, 2.24) is 19.5 Å². The summed E-state index contributed by atoms with van der Waals surface area (Å²) in [5, 5.41) is 5.12. The van der Waals surface area contributed by atoms with E-state index in [2.05, 4.69) is 10.1 Å². The fourth-order valence-electron chi connectivity index (χ4n) is 4.70. The smallest absolute Gasteiger partial charge is 0.410 e. The van der Waals surface area contributed by atoms with E-state index in [1.807, 2.05) is 45.0 Å². The van der Waals surface area contributed by atoms with Gasteiger partial charge in [0.15, 0.2) is 5.69 Å². The summed E-state index contributed by atoms with van der Waals surface area (Å²) in [6.45, 7) is 6.76. The van der Waals surface area contributed by atoms with Gasteiger partial charge >= 0.3 is 6.09 Å². The van der Waals surface area contributed by atoms with Gasteiger partial charge in [-0.15, -0.1) is 0 Å². The van der Waals surface area contributed by atoms with Gasteiger partial charge in [-0.05, 0) is 88.1 Å². The number of carbonyl (C=O) groups is 2. The predicted molar refractivity (Wildman–Crippen MR) is 145 cm³/mol. The first-order valence-electron chi connectivity index (χ1n) is 12.5. The second-order valence-corrected chi connectivity index (χ2v) is 10.8. The average molecular weight is 536 g/mol. The first-order chi connectivity index (χ1) is 18.1. The van der Waals surface area contributed by atoms with Crippen molar-refractivity contribution in [3.05, 3.63) is 71.0 Å². The Labute approximate surface area is 225 Å². The summed E-state index contributed by atoms with van der Waals surface area (Å²) in [7, 11) is 0. The number of hydrogen-bond donors (Lipinski definition) is 2. The largest absolute Gasteiger partial charge is 0.457 e. The second-order valence-electron chi connectivity index (χ2n) is 10.4. The number of carbonyl (C=O) groups excluding carboxylic acids is 2. The molecule has 2 aromatic carbocycles. The number of rotatable bonds is 5. The lowest BCUT2D eigenvalue weighted by Crippen LogP contribution is -2.41. The third kappa shape index (κ3) is 5.33. The fourth-order valence-corrected chi connectivity index (χ4v) is 4.83. The van der Waals surface area contributed by atoms with E-state index in [4.69, 9.17) is 26.8 Å². The molecule has 198 valence electrons. The number of nitrogens with zero attached hydrogens (tertiary/aromatic N) is 3. The highest BCUT2D eigenvalue weighted by Crippen LogP contribution is 2.34. The molecule has 0 atom stereocenters. The van der Waals surface area contributed by atoms with Gasteiger partial charge in [0.25, 0.3) is 5.91 Å². The van der Waals surface area contributed by atoms with Gasteiger partial charge in [0.1, 0.15) is 22.7 Å². The van der Waals surface area contributed by atoms with Gasteiger partial charge in [-0.25, -0.2) is 9.31 Å². The highest BCUT2D eigenvalue weighted by Gasteiger charge is 2.30. The Hall–Kier alpha value is -3.98. The predicted octanol–water partition coefficient (Wildman–Crippen LogP) is 5.99. The minimum Gasteiger partial charge on any atom is -0.457 e. The number of piperidine rings is 1. The van der Waals surface area contributed by atoms with Crippen molar-refractivity contribution >= 4 is 29.2 Å². The molecule has 0 aliphatic carbocycles. The molecule has 1 saturated heterocycles. The van der Waals surface area contributed by atoms with E-state index in [1.54, 1.807) is 39.9 Å². The zero-order valence-electron chi connectivity index (χ0n) is 21.5. The fraction of sp³-hybridized carbons (Fsp3) is 0.321. The molecule has 1 aliphatic rings. The number of primary amides is 1. The molecule has 1 fully saturated rings. The van der Waals surface area contributed by atoms with E-state index >= 15 is 0 Å². The van der Waals surface area contributed by atoms with Crippen molar-refractivity contribution in [1.29, 1.82) is 0 Å². The first kappa shape index (κ1) is 25.7. The molecule has 0 unspecified atom stereocenters. The molecule has 2 amide bonds. The Morgan fingerprint density at radius 1 is 1.03 bits per heavy atom. The molecule has 0 spiro atoms. The Kier molecular flexibility index (Phi) is 6.79. The highest BCUT2D eigenvalue weighted by atomic mass is 35.5. The van der Waals surface area contributed by atoms with Crippen molar-refractivity contribution < 1.29 is 19.1 Å². The lowest BCUT2D eigenvalue weighted by Gasteiger charge is -2.33. The number of amides is 2. The zero-order chi connectivity index (χ0) is 27.0. The van der Waals surface area contributed by atoms with Crippen molar-refractivity contribution in [3.8, 4) is 22.8 Å². The molecule has 4 aromatic rings. The topological polar surface area (TPSA) is 115 Å². The number of nitrogens with one attached hydrogen (secondary N) is 1. The van der Waals surface area contributed by atoms with Crippen LogP contribution >= 0.6 is 11.6 Å². The van der Waals surface area contributed by atoms with Gasteiger partial charge in [0.05, 0.1) is 11.9 Å². The lowest BCUT2D eigenvalue weighted by molar-refractivity contribution is 0.0205. The molecule has 0 saturated carbocycles. The van der Waals surface area contributed by atoms with Gasteiger partial charge in [-0.2, -0.15) is 5.10 Å². The van der Waals surface area contributed by atoms with Crippen LogP contribution in [0.2, 0.25) is 5.02 Å². The SMILES string of the molecule is CC(C)(C)OC(=O)N1CCC(c2cnn3c(C(N)=O)c(-c4ccc(Oc5ccc(Cl)cc5)cc4)[nH]c23)CC1. The van der Waals surface area contributed by atoms with Gasteiger partial charge in [0, 0.05) is 29.2 Å². The Bertz CT molecular complexity index is 1460.